The minimum atomic E-state index is -3.55. The van der Waals surface area contributed by atoms with Gasteiger partial charge in [-0.2, -0.15) is 8.78 Å². The van der Waals surface area contributed by atoms with Crippen LogP contribution in [0.5, 0.6) is 5.75 Å². The number of ether oxygens (including phenoxy) is 1. The lowest BCUT2D eigenvalue weighted by Gasteiger charge is -2.40. The molecule has 3 rings (SSSR count). The molecular weight excluding hydrogens is 453 g/mol. The number of hydrogen-bond donors (Lipinski definition) is 0. The van der Waals surface area contributed by atoms with Crippen molar-refractivity contribution in [3.63, 3.8) is 0 Å². The molecule has 0 unspecified atom stereocenters. The van der Waals surface area contributed by atoms with Gasteiger partial charge in [0, 0.05) is 19.4 Å². The summed E-state index contributed by atoms with van der Waals surface area (Å²) >= 11 is 0. The molecule has 0 aliphatic carbocycles. The first-order valence-corrected chi connectivity index (χ1v) is 9.64. The molecule has 1 saturated heterocycles. The van der Waals surface area contributed by atoms with Crippen LogP contribution < -0.4 is 9.64 Å². The molecule has 1 aliphatic rings. The Labute approximate surface area is 184 Å². The maximum atomic E-state index is 14.7. The summed E-state index contributed by atoms with van der Waals surface area (Å²) in [6.45, 7) is 1.14. The lowest BCUT2D eigenvalue weighted by Crippen LogP contribution is -2.61. The normalized spacial score (nSPS) is 14.5. The van der Waals surface area contributed by atoms with Crippen molar-refractivity contribution in [2.75, 3.05) is 18.2 Å². The molecule has 1 fully saturated rings. The number of halogens is 5. The summed E-state index contributed by atoms with van der Waals surface area (Å²) in [7, 11) is 0. The Balaban J connectivity index is 1.98. The fraction of sp³-hybridized carbons (Fsp3) is 0.286. The summed E-state index contributed by atoms with van der Waals surface area (Å²) in [5.41, 5.74) is -1.49. The lowest BCUT2D eigenvalue weighted by atomic mass is 10.1. The fourth-order valence-corrected chi connectivity index (χ4v) is 3.03. The van der Waals surface area contributed by atoms with E-state index in [1.165, 1.54) is 0 Å². The second-order valence-electron chi connectivity index (χ2n) is 7.09. The Kier molecular flexibility index (Phi) is 6.56. The topological polar surface area (TPSA) is 70.2 Å². The number of amides is 4. The molecule has 0 atom stereocenters. The molecule has 33 heavy (non-hydrogen) atoms. The number of carbonyl (C=O) groups is 3. The van der Waals surface area contributed by atoms with Gasteiger partial charge in [0.1, 0.15) is 36.3 Å². The van der Waals surface area contributed by atoms with Crippen molar-refractivity contribution in [1.82, 2.24) is 9.80 Å². The highest BCUT2D eigenvalue weighted by molar-refractivity contribution is 6.10. The monoisotopic (exact) mass is 471 g/mol. The quantitative estimate of drug-likeness (QED) is 0.609. The highest BCUT2D eigenvalue weighted by Crippen LogP contribution is 2.31. The Bertz CT molecular complexity index is 1090. The van der Waals surface area contributed by atoms with Gasteiger partial charge in [0.15, 0.2) is 5.82 Å². The molecule has 0 bridgehead atoms. The maximum Gasteiger partial charge on any atom is 0.397 e. The number of carbonyl (C=O) groups excluding carboxylic acids is 3. The average molecular weight is 471 g/mol. The van der Waals surface area contributed by atoms with Crippen LogP contribution >= 0.6 is 0 Å². The molecule has 0 saturated carbocycles. The predicted molar refractivity (Wildman–Crippen MR) is 105 cm³/mol. The van der Waals surface area contributed by atoms with Gasteiger partial charge in [0.25, 0.3) is 5.91 Å². The summed E-state index contributed by atoms with van der Waals surface area (Å²) in [6.07, 6.45) is -4.22. The van der Waals surface area contributed by atoms with Crippen molar-refractivity contribution in [3.8, 4) is 5.75 Å². The number of rotatable bonds is 5. The van der Waals surface area contributed by atoms with Crippen molar-refractivity contribution in [1.29, 1.82) is 0 Å². The van der Waals surface area contributed by atoms with Crippen molar-refractivity contribution >= 4 is 23.5 Å². The van der Waals surface area contributed by atoms with Crippen molar-refractivity contribution < 1.29 is 41.1 Å². The Hall–Kier alpha value is -3.70. The van der Waals surface area contributed by atoms with Crippen LogP contribution in [0.15, 0.2) is 36.4 Å². The Morgan fingerprint density at radius 1 is 1.03 bits per heavy atom. The smallest absolute Gasteiger partial charge is 0.397 e. The number of hydrogen-bond acceptors (Lipinski definition) is 4. The largest absolute Gasteiger partial charge is 0.432 e. The predicted octanol–water partition coefficient (Wildman–Crippen LogP) is 4.33. The van der Waals surface area contributed by atoms with Crippen molar-refractivity contribution in [2.45, 2.75) is 26.4 Å². The summed E-state index contributed by atoms with van der Waals surface area (Å²) in [5, 5.41) is 0. The van der Waals surface area contributed by atoms with Crippen molar-refractivity contribution in [3.05, 3.63) is 59.4 Å². The van der Waals surface area contributed by atoms with E-state index in [2.05, 4.69) is 4.74 Å². The molecule has 176 valence electrons. The molecule has 2 aromatic carbocycles. The zero-order chi connectivity index (χ0) is 24.5. The van der Waals surface area contributed by atoms with Crippen LogP contribution in [-0.2, 0) is 4.79 Å². The second kappa shape index (κ2) is 9.04. The van der Waals surface area contributed by atoms with E-state index >= 15 is 0 Å². The summed E-state index contributed by atoms with van der Waals surface area (Å²) < 4.78 is 74.2. The molecule has 1 aliphatic heterocycles. The number of urea groups is 1. The van der Waals surface area contributed by atoms with E-state index in [1.54, 1.807) is 0 Å². The maximum absolute atomic E-state index is 14.7. The van der Waals surface area contributed by atoms with Crippen LogP contribution in [0, 0.1) is 17.5 Å². The van der Waals surface area contributed by atoms with Gasteiger partial charge in [-0.3, -0.25) is 14.5 Å². The fourth-order valence-electron chi connectivity index (χ4n) is 3.03. The zero-order valence-corrected chi connectivity index (χ0v) is 17.4. The van der Waals surface area contributed by atoms with E-state index in [0.717, 1.165) is 49.1 Å². The second-order valence-corrected chi connectivity index (χ2v) is 7.09. The first kappa shape index (κ1) is 24.0. The van der Waals surface area contributed by atoms with Crippen LogP contribution in [0.3, 0.4) is 0 Å². The molecule has 1 heterocycles. The third-order valence-electron chi connectivity index (χ3n) is 4.84. The Morgan fingerprint density at radius 3 is 2.21 bits per heavy atom. The number of alkyl halides is 2. The van der Waals surface area contributed by atoms with Crippen LogP contribution in [0.2, 0.25) is 0 Å². The van der Waals surface area contributed by atoms with E-state index < -0.39 is 78.2 Å². The number of imide groups is 1. The minimum absolute atomic E-state index is 0.376. The highest BCUT2D eigenvalue weighted by atomic mass is 19.3. The third-order valence-corrected chi connectivity index (χ3v) is 4.84. The first-order valence-electron chi connectivity index (χ1n) is 9.64. The number of anilines is 1. The average Bonchev–Trinajstić information content (AvgIpc) is 2.73. The van der Waals surface area contributed by atoms with Gasteiger partial charge < -0.3 is 9.64 Å². The summed E-state index contributed by atoms with van der Waals surface area (Å²) in [4.78, 5) is 39.7. The SMILES string of the molecule is CCC(F)(F)Oc1ccc(N2CN(C(C)=O)CN(C(=O)c3c(F)cccc3F)C2=O)c(F)c1. The molecular formula is C21H18F5N3O4. The van der Waals surface area contributed by atoms with Crippen LogP contribution in [-0.4, -0.2) is 47.1 Å². The minimum Gasteiger partial charge on any atom is -0.432 e. The Morgan fingerprint density at radius 2 is 1.67 bits per heavy atom. The van der Waals surface area contributed by atoms with E-state index in [1.807, 2.05) is 0 Å². The van der Waals surface area contributed by atoms with Crippen molar-refractivity contribution in [2.24, 2.45) is 0 Å². The molecule has 4 amide bonds. The molecule has 2 aromatic rings. The van der Waals surface area contributed by atoms with Gasteiger partial charge in [-0.25, -0.2) is 22.9 Å². The van der Waals surface area contributed by atoms with Gasteiger partial charge in [-0.1, -0.05) is 13.0 Å². The molecule has 0 radical (unpaired) electrons. The van der Waals surface area contributed by atoms with Gasteiger partial charge in [-0.15, -0.1) is 0 Å². The third kappa shape index (κ3) is 4.89. The molecule has 12 heteroatoms. The van der Waals surface area contributed by atoms with Gasteiger partial charge in [-0.05, 0) is 24.3 Å². The van der Waals surface area contributed by atoms with E-state index in [4.69, 9.17) is 0 Å². The summed E-state index contributed by atoms with van der Waals surface area (Å²) in [6, 6.07) is 4.02. The summed E-state index contributed by atoms with van der Waals surface area (Å²) in [5.74, 6) is -6.15. The van der Waals surface area contributed by atoms with Crippen LogP contribution in [0.1, 0.15) is 30.6 Å². The number of nitrogens with zero attached hydrogens (tertiary/aromatic N) is 3. The molecule has 0 N–H and O–H groups in total. The first-order chi connectivity index (χ1) is 15.4. The van der Waals surface area contributed by atoms with Gasteiger partial charge in [0.2, 0.25) is 5.91 Å². The lowest BCUT2D eigenvalue weighted by molar-refractivity contribution is -0.177. The van der Waals surface area contributed by atoms with Crippen LogP contribution in [0.4, 0.5) is 32.4 Å². The number of benzene rings is 2. The van der Waals surface area contributed by atoms with Crippen LogP contribution in [0.25, 0.3) is 0 Å². The highest BCUT2D eigenvalue weighted by Gasteiger charge is 2.39. The van der Waals surface area contributed by atoms with E-state index in [0.29, 0.717) is 15.9 Å². The van der Waals surface area contributed by atoms with Gasteiger partial charge in [0.05, 0.1) is 5.69 Å². The molecule has 0 aromatic heterocycles. The molecule has 0 spiro atoms. The van der Waals surface area contributed by atoms with Gasteiger partial charge >= 0.3 is 12.1 Å². The van der Waals surface area contributed by atoms with E-state index in [9.17, 15) is 36.3 Å². The molecule has 7 nitrogen and oxygen atoms in total. The van der Waals surface area contributed by atoms with E-state index in [-0.39, 0.29) is 0 Å². The standard InChI is InChI=1S/C21H18F5N3O4/c1-3-21(25,26)33-13-7-8-17(16(24)9-13)28-10-27(12(2)30)11-29(20(28)32)19(31)18-14(22)5-4-6-15(18)23/h4-9H,3,10-11H2,1-2H3. The zero-order valence-electron chi connectivity index (χ0n) is 17.4.